The number of pyridine rings is 1. The average Bonchev–Trinajstić information content (AvgIpc) is 2.75. The van der Waals surface area contributed by atoms with Crippen LogP contribution in [0.2, 0.25) is 0 Å². The van der Waals surface area contributed by atoms with Crippen molar-refractivity contribution in [2.24, 2.45) is 0 Å². The van der Waals surface area contributed by atoms with Crippen molar-refractivity contribution < 1.29 is 14.4 Å². The molecule has 0 radical (unpaired) electrons. The van der Waals surface area contributed by atoms with Crippen molar-refractivity contribution >= 4 is 23.4 Å². The summed E-state index contributed by atoms with van der Waals surface area (Å²) in [5.41, 5.74) is 1.88. The molecule has 22 heavy (non-hydrogen) atoms. The van der Waals surface area contributed by atoms with Gasteiger partial charge in [-0.05, 0) is 30.7 Å². The van der Waals surface area contributed by atoms with E-state index >= 15 is 0 Å². The number of rotatable bonds is 3. The van der Waals surface area contributed by atoms with Crippen LogP contribution >= 0.6 is 0 Å². The van der Waals surface area contributed by atoms with Gasteiger partial charge < -0.3 is 5.32 Å². The molecular formula is C16H13N3O3. The zero-order valence-corrected chi connectivity index (χ0v) is 11.9. The molecule has 0 atom stereocenters. The molecule has 0 fully saturated rings. The Labute approximate surface area is 126 Å². The lowest BCUT2D eigenvalue weighted by atomic mass is 10.2. The normalized spacial score (nSPS) is 13.2. The van der Waals surface area contributed by atoms with Crippen LogP contribution in [0.1, 0.15) is 26.4 Å². The van der Waals surface area contributed by atoms with Crippen molar-refractivity contribution in [2.75, 3.05) is 11.9 Å². The van der Waals surface area contributed by atoms with Crippen molar-refractivity contribution in [1.82, 2.24) is 9.88 Å². The van der Waals surface area contributed by atoms with E-state index in [9.17, 15) is 14.4 Å². The molecule has 0 saturated heterocycles. The van der Waals surface area contributed by atoms with E-state index < -0.39 is 17.7 Å². The number of carbonyl (C=O) groups excluding carboxylic acids is 3. The molecule has 1 N–H and O–H groups in total. The summed E-state index contributed by atoms with van der Waals surface area (Å²) in [6.07, 6.45) is 1.45. The second-order valence-electron chi connectivity index (χ2n) is 4.96. The minimum atomic E-state index is -0.541. The second-order valence-corrected chi connectivity index (χ2v) is 4.96. The van der Waals surface area contributed by atoms with Crippen LogP contribution in [0.5, 0.6) is 0 Å². The molecule has 1 aliphatic rings. The summed E-state index contributed by atoms with van der Waals surface area (Å²) >= 11 is 0. The van der Waals surface area contributed by atoms with Gasteiger partial charge in [0.2, 0.25) is 5.91 Å². The van der Waals surface area contributed by atoms with E-state index in [1.165, 1.54) is 12.3 Å². The third kappa shape index (κ3) is 2.35. The number of nitrogens with zero attached hydrogens (tertiary/aromatic N) is 2. The van der Waals surface area contributed by atoms with E-state index in [1.54, 1.807) is 18.2 Å². The summed E-state index contributed by atoms with van der Waals surface area (Å²) in [5.74, 6) is -1.46. The molecule has 3 rings (SSSR count). The Morgan fingerprint density at radius 3 is 2.64 bits per heavy atom. The number of anilines is 1. The predicted octanol–water partition coefficient (Wildman–Crippen LogP) is 1.62. The fourth-order valence-electron chi connectivity index (χ4n) is 2.30. The molecule has 0 spiro atoms. The summed E-state index contributed by atoms with van der Waals surface area (Å²) in [4.78, 5) is 41.2. The number of para-hydroxylation sites is 1. The van der Waals surface area contributed by atoms with Crippen molar-refractivity contribution in [1.29, 1.82) is 0 Å². The number of hydrogen-bond donors (Lipinski definition) is 1. The molecule has 1 aromatic heterocycles. The van der Waals surface area contributed by atoms with Crippen LogP contribution in [-0.2, 0) is 4.79 Å². The number of fused-ring (bicyclic) bond motifs is 1. The van der Waals surface area contributed by atoms with E-state index in [2.05, 4.69) is 10.3 Å². The third-order valence-corrected chi connectivity index (χ3v) is 3.45. The Hall–Kier alpha value is -3.02. The highest BCUT2D eigenvalue weighted by Crippen LogP contribution is 2.20. The van der Waals surface area contributed by atoms with Crippen LogP contribution in [-0.4, -0.2) is 34.2 Å². The van der Waals surface area contributed by atoms with Gasteiger partial charge in [-0.25, -0.2) is 0 Å². The summed E-state index contributed by atoms with van der Waals surface area (Å²) in [7, 11) is 0. The number of carbonyl (C=O) groups is 3. The van der Waals surface area contributed by atoms with Crippen LogP contribution in [0.3, 0.4) is 0 Å². The zero-order valence-electron chi connectivity index (χ0n) is 11.9. The van der Waals surface area contributed by atoms with E-state index in [-0.39, 0.29) is 17.8 Å². The fraction of sp³-hybridized carbons (Fsp3) is 0.125. The zero-order chi connectivity index (χ0) is 15.7. The van der Waals surface area contributed by atoms with Gasteiger partial charge in [-0.1, -0.05) is 18.2 Å². The maximum atomic E-state index is 12.1. The molecule has 0 unspecified atom stereocenters. The lowest BCUT2D eigenvalue weighted by molar-refractivity contribution is -0.116. The molecule has 2 aromatic rings. The number of benzene rings is 1. The first kappa shape index (κ1) is 13.9. The number of imide groups is 1. The van der Waals surface area contributed by atoms with Gasteiger partial charge in [0.25, 0.3) is 11.8 Å². The van der Waals surface area contributed by atoms with Crippen molar-refractivity contribution in [2.45, 2.75) is 6.92 Å². The van der Waals surface area contributed by atoms with Crippen molar-refractivity contribution in [3.05, 3.63) is 59.4 Å². The van der Waals surface area contributed by atoms with Gasteiger partial charge in [0.1, 0.15) is 12.2 Å². The lowest BCUT2D eigenvalue weighted by Gasteiger charge is -2.14. The molecule has 2 heterocycles. The summed E-state index contributed by atoms with van der Waals surface area (Å²) in [6, 6.07) is 10.4. The highest BCUT2D eigenvalue weighted by Gasteiger charge is 2.37. The predicted molar refractivity (Wildman–Crippen MR) is 79.4 cm³/mol. The Kier molecular flexibility index (Phi) is 3.42. The Morgan fingerprint density at radius 1 is 1.14 bits per heavy atom. The number of amides is 3. The molecule has 6 nitrogen and oxygen atoms in total. The molecule has 1 aromatic carbocycles. The minimum Gasteiger partial charge on any atom is -0.324 e. The van der Waals surface area contributed by atoms with Gasteiger partial charge in [-0.3, -0.25) is 24.3 Å². The van der Waals surface area contributed by atoms with Crippen LogP contribution in [0.15, 0.2) is 42.6 Å². The summed E-state index contributed by atoms with van der Waals surface area (Å²) in [6.45, 7) is 1.53. The molecular weight excluding hydrogens is 282 g/mol. The molecule has 1 aliphatic heterocycles. The monoisotopic (exact) mass is 295 g/mol. The highest BCUT2D eigenvalue weighted by molar-refractivity contribution is 6.21. The smallest absolute Gasteiger partial charge is 0.280 e. The number of aromatic nitrogens is 1. The average molecular weight is 295 g/mol. The standard InChI is InChI=1S/C16H13N3O3/c1-10-5-2-3-7-12(10)18-13(20)9-19-15(21)11-6-4-8-17-14(11)16(19)22/h2-8H,9H2,1H3,(H,18,20). The Balaban J connectivity index is 1.75. The quantitative estimate of drug-likeness (QED) is 0.873. The first-order valence-electron chi connectivity index (χ1n) is 6.74. The minimum absolute atomic E-state index is 0.0937. The third-order valence-electron chi connectivity index (χ3n) is 3.45. The SMILES string of the molecule is Cc1ccccc1NC(=O)CN1C(=O)c2cccnc2C1=O. The molecule has 3 amide bonds. The molecule has 0 bridgehead atoms. The van der Waals surface area contributed by atoms with Gasteiger partial charge in [0, 0.05) is 11.9 Å². The highest BCUT2D eigenvalue weighted by atomic mass is 16.2. The van der Waals surface area contributed by atoms with Gasteiger partial charge in [0.05, 0.1) is 5.56 Å². The first-order chi connectivity index (χ1) is 10.6. The van der Waals surface area contributed by atoms with Gasteiger partial charge in [-0.15, -0.1) is 0 Å². The first-order valence-corrected chi connectivity index (χ1v) is 6.74. The van der Waals surface area contributed by atoms with Crippen molar-refractivity contribution in [3.8, 4) is 0 Å². The number of nitrogens with one attached hydrogen (secondary N) is 1. The lowest BCUT2D eigenvalue weighted by Crippen LogP contribution is -2.37. The number of hydrogen-bond acceptors (Lipinski definition) is 4. The molecule has 6 heteroatoms. The van der Waals surface area contributed by atoms with Gasteiger partial charge in [-0.2, -0.15) is 0 Å². The Bertz CT molecular complexity index is 751. The molecule has 0 saturated carbocycles. The van der Waals surface area contributed by atoms with Crippen molar-refractivity contribution in [3.63, 3.8) is 0 Å². The van der Waals surface area contributed by atoms with E-state index in [1.807, 2.05) is 19.1 Å². The largest absolute Gasteiger partial charge is 0.324 e. The van der Waals surface area contributed by atoms with Crippen LogP contribution in [0.25, 0.3) is 0 Å². The number of aryl methyl sites for hydroxylation is 1. The van der Waals surface area contributed by atoms with E-state index in [0.29, 0.717) is 5.69 Å². The Morgan fingerprint density at radius 2 is 1.91 bits per heavy atom. The topological polar surface area (TPSA) is 79.4 Å². The molecule has 0 aliphatic carbocycles. The van der Waals surface area contributed by atoms with Crippen LogP contribution < -0.4 is 5.32 Å². The van der Waals surface area contributed by atoms with Gasteiger partial charge >= 0.3 is 0 Å². The second kappa shape index (κ2) is 5.40. The summed E-state index contributed by atoms with van der Waals surface area (Å²) < 4.78 is 0. The van der Waals surface area contributed by atoms with E-state index in [0.717, 1.165) is 10.5 Å². The van der Waals surface area contributed by atoms with E-state index in [4.69, 9.17) is 0 Å². The van der Waals surface area contributed by atoms with Gasteiger partial charge in [0.15, 0.2) is 0 Å². The maximum absolute atomic E-state index is 12.1. The van der Waals surface area contributed by atoms with Crippen LogP contribution in [0, 0.1) is 6.92 Å². The fourth-order valence-corrected chi connectivity index (χ4v) is 2.30. The summed E-state index contributed by atoms with van der Waals surface area (Å²) in [5, 5.41) is 2.70. The molecule has 110 valence electrons. The van der Waals surface area contributed by atoms with Crippen LogP contribution in [0.4, 0.5) is 5.69 Å². The maximum Gasteiger partial charge on any atom is 0.280 e.